The van der Waals surface area contributed by atoms with E-state index in [-0.39, 0.29) is 6.10 Å². The molecule has 0 amide bonds. The molecular formula is C14H18O3. The summed E-state index contributed by atoms with van der Waals surface area (Å²) in [6.07, 6.45) is 2.58. The third-order valence-electron chi connectivity index (χ3n) is 3.53. The van der Waals surface area contributed by atoms with Crippen LogP contribution in [0.25, 0.3) is 0 Å². The Kier molecular flexibility index (Phi) is 2.71. The quantitative estimate of drug-likeness (QED) is 0.749. The molecule has 0 radical (unpaired) electrons. The molecule has 1 aromatic rings. The van der Waals surface area contributed by atoms with Gasteiger partial charge in [0.1, 0.15) is 0 Å². The van der Waals surface area contributed by atoms with Crippen molar-refractivity contribution in [2.45, 2.75) is 32.3 Å². The molecule has 0 bridgehead atoms. The van der Waals surface area contributed by atoms with Crippen LogP contribution in [0, 0.1) is 5.92 Å². The Morgan fingerprint density at radius 3 is 2.65 bits per heavy atom. The predicted molar refractivity (Wildman–Crippen MR) is 64.5 cm³/mol. The minimum absolute atomic E-state index is 0.340. The van der Waals surface area contributed by atoms with E-state index in [1.807, 2.05) is 12.1 Å². The van der Waals surface area contributed by atoms with E-state index in [1.54, 1.807) is 0 Å². The first-order valence-corrected chi connectivity index (χ1v) is 6.34. The van der Waals surface area contributed by atoms with Gasteiger partial charge >= 0.3 is 0 Å². The average molecular weight is 234 g/mol. The summed E-state index contributed by atoms with van der Waals surface area (Å²) >= 11 is 0. The van der Waals surface area contributed by atoms with Gasteiger partial charge in [0.25, 0.3) is 0 Å². The fraction of sp³-hybridized carbons (Fsp3) is 0.571. The van der Waals surface area contributed by atoms with Gasteiger partial charge in [-0.3, -0.25) is 0 Å². The van der Waals surface area contributed by atoms with Crippen molar-refractivity contribution in [3.8, 4) is 11.5 Å². The largest absolute Gasteiger partial charge is 0.489 e. The zero-order valence-electron chi connectivity index (χ0n) is 10.1. The maximum atomic E-state index is 9.99. The molecule has 0 aromatic heterocycles. The molecule has 17 heavy (non-hydrogen) atoms. The van der Waals surface area contributed by atoms with Crippen LogP contribution in [0.5, 0.6) is 11.5 Å². The van der Waals surface area contributed by atoms with Crippen molar-refractivity contribution in [1.82, 2.24) is 0 Å². The second kappa shape index (κ2) is 4.22. The molecule has 92 valence electrons. The van der Waals surface area contributed by atoms with Gasteiger partial charge in [0.05, 0.1) is 19.3 Å². The zero-order chi connectivity index (χ0) is 11.8. The van der Waals surface area contributed by atoms with Crippen molar-refractivity contribution >= 4 is 0 Å². The number of fused-ring (bicyclic) bond motifs is 2. The second-order valence-corrected chi connectivity index (χ2v) is 5.13. The Bertz CT molecular complexity index is 428. The van der Waals surface area contributed by atoms with Crippen molar-refractivity contribution < 1.29 is 14.6 Å². The first-order chi connectivity index (χ1) is 8.24. The fourth-order valence-electron chi connectivity index (χ4n) is 2.52. The van der Waals surface area contributed by atoms with Crippen LogP contribution in [-0.2, 0) is 6.42 Å². The van der Waals surface area contributed by atoms with Gasteiger partial charge < -0.3 is 14.6 Å². The zero-order valence-corrected chi connectivity index (χ0v) is 10.1. The molecule has 1 N–H and O–H groups in total. The summed E-state index contributed by atoms with van der Waals surface area (Å²) in [6, 6.07) is 4.01. The van der Waals surface area contributed by atoms with Crippen molar-refractivity contribution in [3.63, 3.8) is 0 Å². The van der Waals surface area contributed by atoms with Gasteiger partial charge in [-0.15, -0.1) is 0 Å². The number of aliphatic hydroxyl groups excluding tert-OH is 1. The molecule has 1 unspecified atom stereocenters. The van der Waals surface area contributed by atoms with E-state index in [0.717, 1.165) is 36.3 Å². The van der Waals surface area contributed by atoms with E-state index in [0.29, 0.717) is 19.1 Å². The molecule has 1 heterocycles. The van der Waals surface area contributed by atoms with Crippen molar-refractivity contribution in [2.75, 3.05) is 13.2 Å². The normalized spacial score (nSPS) is 27.2. The molecule has 3 nitrogen and oxygen atoms in total. The van der Waals surface area contributed by atoms with Crippen LogP contribution in [0.15, 0.2) is 12.1 Å². The number of aryl methyl sites for hydroxylation is 1. The molecular weight excluding hydrogens is 216 g/mol. The van der Waals surface area contributed by atoms with Crippen LogP contribution in [0.4, 0.5) is 0 Å². The average Bonchev–Trinajstić information content (AvgIpc) is 2.51. The SMILES string of the molecule is CC1COc2cc3c(cc2OC1)[C@H](O)CCC3. The summed E-state index contributed by atoms with van der Waals surface area (Å²) in [5.41, 5.74) is 2.23. The molecule has 2 aliphatic rings. The smallest absolute Gasteiger partial charge is 0.161 e. The Labute approximate surface area is 101 Å². The van der Waals surface area contributed by atoms with Gasteiger partial charge in [-0.1, -0.05) is 6.92 Å². The standard InChI is InChI=1S/C14H18O3/c1-9-7-16-13-5-10-3-2-4-12(15)11(10)6-14(13)17-8-9/h5-6,9,12,15H,2-4,7-8H2,1H3/t9?,12-/m1/s1. The highest BCUT2D eigenvalue weighted by Crippen LogP contribution is 2.39. The number of rotatable bonds is 0. The first kappa shape index (κ1) is 10.9. The van der Waals surface area contributed by atoms with Crippen molar-refractivity contribution in [3.05, 3.63) is 23.3 Å². The van der Waals surface area contributed by atoms with E-state index < -0.39 is 0 Å². The lowest BCUT2D eigenvalue weighted by atomic mass is 9.89. The summed E-state index contributed by atoms with van der Waals surface area (Å²) < 4.78 is 11.5. The van der Waals surface area contributed by atoms with E-state index in [1.165, 1.54) is 5.56 Å². The minimum atomic E-state index is -0.340. The number of benzene rings is 1. The molecule has 2 atom stereocenters. The molecule has 3 heteroatoms. The highest BCUT2D eigenvalue weighted by atomic mass is 16.5. The first-order valence-electron chi connectivity index (χ1n) is 6.34. The topological polar surface area (TPSA) is 38.7 Å². The number of hydrogen-bond acceptors (Lipinski definition) is 3. The Morgan fingerprint density at radius 2 is 1.88 bits per heavy atom. The van der Waals surface area contributed by atoms with Gasteiger partial charge in [-0.05, 0) is 42.5 Å². The third kappa shape index (κ3) is 2.00. The Morgan fingerprint density at radius 1 is 1.18 bits per heavy atom. The molecule has 1 aromatic carbocycles. The predicted octanol–water partition coefficient (Wildman–Crippen LogP) is 2.46. The van der Waals surface area contributed by atoms with E-state index in [4.69, 9.17) is 9.47 Å². The molecule has 3 rings (SSSR count). The van der Waals surface area contributed by atoms with Crippen LogP contribution >= 0.6 is 0 Å². The maximum absolute atomic E-state index is 9.99. The minimum Gasteiger partial charge on any atom is -0.489 e. The second-order valence-electron chi connectivity index (χ2n) is 5.13. The Hall–Kier alpha value is -1.22. The summed E-state index contributed by atoms with van der Waals surface area (Å²) in [6.45, 7) is 3.50. The summed E-state index contributed by atoms with van der Waals surface area (Å²) in [5, 5.41) is 9.99. The Balaban J connectivity index is 2.00. The van der Waals surface area contributed by atoms with Crippen LogP contribution in [0.2, 0.25) is 0 Å². The van der Waals surface area contributed by atoms with Crippen LogP contribution < -0.4 is 9.47 Å². The molecule has 0 saturated heterocycles. The molecule has 0 saturated carbocycles. The number of aliphatic hydroxyl groups is 1. The lowest BCUT2D eigenvalue weighted by molar-refractivity contribution is 0.156. The van der Waals surface area contributed by atoms with E-state index in [9.17, 15) is 5.11 Å². The highest BCUT2D eigenvalue weighted by Gasteiger charge is 2.23. The molecule has 0 fully saturated rings. The van der Waals surface area contributed by atoms with Gasteiger partial charge in [-0.25, -0.2) is 0 Å². The summed E-state index contributed by atoms with van der Waals surface area (Å²) in [5.74, 6) is 2.03. The number of hydrogen-bond donors (Lipinski definition) is 1. The van der Waals surface area contributed by atoms with Crippen LogP contribution in [-0.4, -0.2) is 18.3 Å². The molecule has 1 aliphatic carbocycles. The summed E-state index contributed by atoms with van der Waals surface area (Å²) in [4.78, 5) is 0. The maximum Gasteiger partial charge on any atom is 0.161 e. The van der Waals surface area contributed by atoms with Crippen molar-refractivity contribution in [2.24, 2.45) is 5.92 Å². The highest BCUT2D eigenvalue weighted by molar-refractivity contribution is 5.49. The van der Waals surface area contributed by atoms with Crippen molar-refractivity contribution in [1.29, 1.82) is 0 Å². The lowest BCUT2D eigenvalue weighted by Gasteiger charge is -2.22. The monoisotopic (exact) mass is 234 g/mol. The summed E-state index contributed by atoms with van der Waals surface area (Å²) in [7, 11) is 0. The van der Waals surface area contributed by atoms with Crippen LogP contribution in [0.3, 0.4) is 0 Å². The van der Waals surface area contributed by atoms with Gasteiger partial charge in [-0.2, -0.15) is 0 Å². The van der Waals surface area contributed by atoms with Gasteiger partial charge in [0.2, 0.25) is 0 Å². The number of ether oxygens (including phenoxy) is 2. The van der Waals surface area contributed by atoms with E-state index >= 15 is 0 Å². The lowest BCUT2D eigenvalue weighted by Crippen LogP contribution is -2.12. The molecule has 0 spiro atoms. The van der Waals surface area contributed by atoms with Gasteiger partial charge in [0.15, 0.2) is 11.5 Å². The van der Waals surface area contributed by atoms with Crippen LogP contribution in [0.1, 0.15) is 37.0 Å². The fourth-order valence-corrected chi connectivity index (χ4v) is 2.52. The van der Waals surface area contributed by atoms with Gasteiger partial charge in [0, 0.05) is 5.92 Å². The van der Waals surface area contributed by atoms with E-state index in [2.05, 4.69) is 6.92 Å². The molecule has 1 aliphatic heterocycles. The third-order valence-corrected chi connectivity index (χ3v) is 3.53.